The van der Waals surface area contributed by atoms with E-state index in [9.17, 15) is 0 Å². The highest BCUT2D eigenvalue weighted by atomic mass is 16.5. The van der Waals surface area contributed by atoms with Crippen LogP contribution in [0.15, 0.2) is 18.2 Å². The van der Waals surface area contributed by atoms with E-state index in [1.807, 2.05) is 6.07 Å². The Hall–Kier alpha value is -1.88. The maximum atomic E-state index is 5.43. The molecule has 1 aromatic heterocycles. The molecule has 2 aromatic rings. The summed E-state index contributed by atoms with van der Waals surface area (Å²) in [6.45, 7) is 4.22. The Morgan fingerprint density at radius 3 is 2.48 bits per heavy atom. The molecule has 0 amide bonds. The molecule has 5 heteroatoms. The number of aromatic nitrogens is 2. The van der Waals surface area contributed by atoms with E-state index in [2.05, 4.69) is 29.0 Å². The van der Waals surface area contributed by atoms with Gasteiger partial charge in [-0.05, 0) is 32.0 Å². The van der Waals surface area contributed by atoms with E-state index in [4.69, 9.17) is 14.7 Å². The van der Waals surface area contributed by atoms with Crippen LogP contribution in [0, 0.1) is 0 Å². The van der Waals surface area contributed by atoms with Crippen molar-refractivity contribution in [2.24, 2.45) is 0 Å². The van der Waals surface area contributed by atoms with Crippen molar-refractivity contribution >= 4 is 16.7 Å². The van der Waals surface area contributed by atoms with Gasteiger partial charge < -0.3 is 14.5 Å². The lowest BCUT2D eigenvalue weighted by molar-refractivity contribution is 0.312. The molecule has 0 bridgehead atoms. The Balaban J connectivity index is 1.77. The number of rotatable bonds is 3. The van der Waals surface area contributed by atoms with E-state index in [1.165, 1.54) is 32.1 Å². The monoisotopic (exact) mass is 340 g/mol. The second-order valence-electron chi connectivity index (χ2n) is 7.41. The Morgan fingerprint density at radius 1 is 1.00 bits per heavy atom. The summed E-state index contributed by atoms with van der Waals surface area (Å²) in [5, 5.41) is 1.14. The molecule has 134 valence electrons. The van der Waals surface area contributed by atoms with Crippen molar-refractivity contribution < 1.29 is 4.74 Å². The minimum atomic E-state index is 0.510. The fourth-order valence-corrected chi connectivity index (χ4v) is 4.04. The zero-order chi connectivity index (χ0) is 17.2. The number of piperazine rings is 1. The zero-order valence-electron chi connectivity index (χ0n) is 15.4. The van der Waals surface area contributed by atoms with E-state index >= 15 is 0 Å². The molecule has 1 saturated carbocycles. The smallest absolute Gasteiger partial charge is 0.140 e. The third-order valence-corrected chi connectivity index (χ3v) is 5.67. The quantitative estimate of drug-likeness (QED) is 0.856. The SMILES string of the molecule is COc1ccc2c(N3CCN(C)CC3)nc(C3CCCCC3)nc2c1. The molecule has 2 aliphatic rings. The van der Waals surface area contributed by atoms with Crippen LogP contribution < -0.4 is 9.64 Å². The van der Waals surface area contributed by atoms with E-state index in [-0.39, 0.29) is 0 Å². The van der Waals surface area contributed by atoms with Crippen molar-refractivity contribution in [3.8, 4) is 5.75 Å². The number of nitrogens with zero attached hydrogens (tertiary/aromatic N) is 4. The van der Waals surface area contributed by atoms with Crippen molar-refractivity contribution in [2.45, 2.75) is 38.0 Å². The number of hydrogen-bond acceptors (Lipinski definition) is 5. The normalized spacial score (nSPS) is 20.2. The lowest BCUT2D eigenvalue weighted by Crippen LogP contribution is -2.45. The maximum absolute atomic E-state index is 5.43. The van der Waals surface area contributed by atoms with Crippen LogP contribution in [0.4, 0.5) is 5.82 Å². The molecule has 2 heterocycles. The van der Waals surface area contributed by atoms with Gasteiger partial charge in [0, 0.05) is 43.5 Å². The van der Waals surface area contributed by atoms with Crippen LogP contribution in [-0.4, -0.2) is 55.2 Å². The van der Waals surface area contributed by atoms with Crippen LogP contribution in [0.5, 0.6) is 5.75 Å². The minimum absolute atomic E-state index is 0.510. The van der Waals surface area contributed by atoms with Gasteiger partial charge in [-0.25, -0.2) is 9.97 Å². The summed E-state index contributed by atoms with van der Waals surface area (Å²) in [5.74, 6) is 3.52. The van der Waals surface area contributed by atoms with Gasteiger partial charge in [0.2, 0.25) is 0 Å². The third-order valence-electron chi connectivity index (χ3n) is 5.67. The van der Waals surface area contributed by atoms with Crippen LogP contribution in [0.2, 0.25) is 0 Å². The van der Waals surface area contributed by atoms with Gasteiger partial charge in [0.15, 0.2) is 0 Å². The Labute approximate surface area is 150 Å². The molecule has 0 unspecified atom stereocenters. The summed E-state index contributed by atoms with van der Waals surface area (Å²) < 4.78 is 5.43. The zero-order valence-corrected chi connectivity index (χ0v) is 15.4. The summed E-state index contributed by atoms with van der Waals surface area (Å²) >= 11 is 0. The lowest BCUT2D eigenvalue weighted by Gasteiger charge is -2.34. The van der Waals surface area contributed by atoms with Gasteiger partial charge in [0.1, 0.15) is 17.4 Å². The van der Waals surface area contributed by atoms with E-state index in [0.717, 1.165) is 54.5 Å². The first-order chi connectivity index (χ1) is 12.2. The van der Waals surface area contributed by atoms with Gasteiger partial charge in [-0.3, -0.25) is 0 Å². The molecule has 0 radical (unpaired) electrons. The van der Waals surface area contributed by atoms with Gasteiger partial charge in [-0.2, -0.15) is 0 Å². The first-order valence-corrected chi connectivity index (χ1v) is 9.54. The summed E-state index contributed by atoms with van der Waals surface area (Å²) in [6, 6.07) is 6.20. The number of ether oxygens (including phenoxy) is 1. The Morgan fingerprint density at radius 2 is 1.76 bits per heavy atom. The molecule has 1 saturated heterocycles. The molecule has 0 N–H and O–H groups in total. The van der Waals surface area contributed by atoms with Crippen molar-refractivity contribution in [1.82, 2.24) is 14.9 Å². The largest absolute Gasteiger partial charge is 0.497 e. The first-order valence-electron chi connectivity index (χ1n) is 9.54. The third kappa shape index (κ3) is 3.43. The summed E-state index contributed by atoms with van der Waals surface area (Å²) in [6.07, 6.45) is 6.39. The van der Waals surface area contributed by atoms with E-state index < -0.39 is 0 Å². The molecule has 4 rings (SSSR count). The minimum Gasteiger partial charge on any atom is -0.497 e. The Kier molecular flexibility index (Phi) is 4.75. The fourth-order valence-electron chi connectivity index (χ4n) is 4.04. The van der Waals surface area contributed by atoms with Crippen LogP contribution >= 0.6 is 0 Å². The molecule has 5 nitrogen and oxygen atoms in total. The molecule has 1 aromatic carbocycles. The highest BCUT2D eigenvalue weighted by molar-refractivity contribution is 5.90. The van der Waals surface area contributed by atoms with Gasteiger partial charge in [0.25, 0.3) is 0 Å². The number of fused-ring (bicyclic) bond motifs is 1. The number of hydrogen-bond donors (Lipinski definition) is 0. The summed E-state index contributed by atoms with van der Waals surface area (Å²) in [7, 11) is 3.90. The summed E-state index contributed by atoms with van der Waals surface area (Å²) in [4.78, 5) is 14.8. The molecule has 25 heavy (non-hydrogen) atoms. The molecule has 1 aliphatic heterocycles. The summed E-state index contributed by atoms with van der Waals surface area (Å²) in [5.41, 5.74) is 1.02. The van der Waals surface area contributed by atoms with Crippen molar-refractivity contribution in [2.75, 3.05) is 45.2 Å². The second-order valence-corrected chi connectivity index (χ2v) is 7.41. The number of benzene rings is 1. The molecule has 1 aliphatic carbocycles. The molecule has 0 spiro atoms. The average molecular weight is 340 g/mol. The second kappa shape index (κ2) is 7.16. The molecule has 0 atom stereocenters. The number of likely N-dealkylation sites (N-methyl/N-ethyl adjacent to an activating group) is 1. The van der Waals surface area contributed by atoms with Gasteiger partial charge in [0.05, 0.1) is 12.6 Å². The van der Waals surface area contributed by atoms with Crippen LogP contribution in [0.25, 0.3) is 10.9 Å². The van der Waals surface area contributed by atoms with Crippen molar-refractivity contribution in [3.63, 3.8) is 0 Å². The van der Waals surface area contributed by atoms with E-state index in [0.29, 0.717) is 5.92 Å². The molecule has 2 fully saturated rings. The molecular formula is C20H28N4O. The first kappa shape index (κ1) is 16.6. The highest BCUT2D eigenvalue weighted by Gasteiger charge is 2.23. The van der Waals surface area contributed by atoms with E-state index in [1.54, 1.807) is 7.11 Å². The van der Waals surface area contributed by atoms with Crippen molar-refractivity contribution in [1.29, 1.82) is 0 Å². The standard InChI is InChI=1S/C20H28N4O/c1-23-10-12-24(13-11-23)20-17-9-8-16(25-2)14-18(17)21-19(22-20)15-6-4-3-5-7-15/h8-9,14-15H,3-7,10-13H2,1-2H3. The number of anilines is 1. The lowest BCUT2D eigenvalue weighted by atomic mass is 9.88. The van der Waals surface area contributed by atoms with Gasteiger partial charge >= 0.3 is 0 Å². The highest BCUT2D eigenvalue weighted by Crippen LogP contribution is 2.34. The predicted molar refractivity (Wildman–Crippen MR) is 102 cm³/mol. The maximum Gasteiger partial charge on any atom is 0.140 e. The topological polar surface area (TPSA) is 41.5 Å². The van der Waals surface area contributed by atoms with Crippen LogP contribution in [0.1, 0.15) is 43.8 Å². The molecular weight excluding hydrogens is 312 g/mol. The average Bonchev–Trinajstić information content (AvgIpc) is 2.68. The van der Waals surface area contributed by atoms with Crippen LogP contribution in [-0.2, 0) is 0 Å². The predicted octanol–water partition coefficient (Wildman–Crippen LogP) is 3.44. The van der Waals surface area contributed by atoms with Gasteiger partial charge in [-0.15, -0.1) is 0 Å². The Bertz CT molecular complexity index is 734. The van der Waals surface area contributed by atoms with Gasteiger partial charge in [-0.1, -0.05) is 19.3 Å². The van der Waals surface area contributed by atoms with Crippen molar-refractivity contribution in [3.05, 3.63) is 24.0 Å². The number of methoxy groups -OCH3 is 1. The van der Waals surface area contributed by atoms with Crippen LogP contribution in [0.3, 0.4) is 0 Å². The fraction of sp³-hybridized carbons (Fsp3) is 0.600.